The first-order chi connectivity index (χ1) is 15.8. The molecule has 184 valence electrons. The van der Waals surface area contributed by atoms with E-state index >= 15 is 0 Å². The summed E-state index contributed by atoms with van der Waals surface area (Å²) in [5.41, 5.74) is -0.240. The average Bonchev–Trinajstić information content (AvgIpc) is 3.08. The van der Waals surface area contributed by atoms with Crippen molar-refractivity contribution >= 4 is 12.1 Å². The van der Waals surface area contributed by atoms with Gasteiger partial charge in [0.2, 0.25) is 0 Å². The molecule has 1 aliphatic heterocycles. The largest absolute Gasteiger partial charge is 0.460 e. The molecule has 3 rings (SSSR count). The third kappa shape index (κ3) is 7.20. The Balaban J connectivity index is 1.75. The van der Waals surface area contributed by atoms with Crippen LogP contribution in [-0.2, 0) is 33.3 Å². The fourth-order valence-electron chi connectivity index (χ4n) is 3.81. The summed E-state index contributed by atoms with van der Waals surface area (Å²) in [7, 11) is 0. The van der Waals surface area contributed by atoms with E-state index in [0.29, 0.717) is 12.0 Å². The number of alkyl carbamates (subject to hydrolysis) is 1. The summed E-state index contributed by atoms with van der Waals surface area (Å²) >= 11 is 0. The molecule has 34 heavy (non-hydrogen) atoms. The number of halogens is 4. The van der Waals surface area contributed by atoms with Gasteiger partial charge in [-0.2, -0.15) is 13.2 Å². The highest BCUT2D eigenvalue weighted by atomic mass is 19.4. The van der Waals surface area contributed by atoms with Gasteiger partial charge in [0.15, 0.2) is 0 Å². The predicted molar refractivity (Wildman–Crippen MR) is 116 cm³/mol. The molecule has 2 aromatic rings. The van der Waals surface area contributed by atoms with Crippen molar-refractivity contribution < 1.29 is 36.6 Å². The van der Waals surface area contributed by atoms with Crippen LogP contribution in [0.3, 0.4) is 0 Å². The number of ether oxygens (including phenoxy) is 2. The predicted octanol–water partition coefficient (Wildman–Crippen LogP) is 5.45. The first-order valence-corrected chi connectivity index (χ1v) is 10.9. The topological polar surface area (TPSA) is 64.6 Å². The van der Waals surface area contributed by atoms with Gasteiger partial charge in [0.05, 0.1) is 17.5 Å². The maximum absolute atomic E-state index is 13.2. The first kappa shape index (κ1) is 25.5. The number of rotatable bonds is 6. The number of esters is 1. The van der Waals surface area contributed by atoms with Crippen molar-refractivity contribution in [3.8, 4) is 0 Å². The molecule has 1 amide bonds. The molecule has 0 aliphatic carbocycles. The Bertz CT molecular complexity index is 998. The Kier molecular flexibility index (Phi) is 7.53. The SMILES string of the molecule is CC(C)(C)OC(=O)N[C@H](Cc1ccc(C(F)(F)F)cc1)[C@H]1C[C@H](Cc2ccc(F)cc2)C(=O)O1. The molecule has 9 heteroatoms. The molecule has 0 spiro atoms. The number of cyclic esters (lactones) is 1. The molecule has 0 aromatic heterocycles. The van der Waals surface area contributed by atoms with Crippen LogP contribution in [-0.4, -0.2) is 29.8 Å². The van der Waals surface area contributed by atoms with E-state index in [4.69, 9.17) is 9.47 Å². The van der Waals surface area contributed by atoms with Gasteiger partial charge >= 0.3 is 18.2 Å². The van der Waals surface area contributed by atoms with Crippen molar-refractivity contribution in [2.45, 2.75) is 64.0 Å². The summed E-state index contributed by atoms with van der Waals surface area (Å²) in [5.74, 6) is -1.32. The van der Waals surface area contributed by atoms with Crippen LogP contribution in [0.1, 0.15) is 43.9 Å². The smallest absolute Gasteiger partial charge is 0.416 e. The molecule has 3 atom stereocenters. The average molecular weight is 481 g/mol. The van der Waals surface area contributed by atoms with Crippen LogP contribution in [0.5, 0.6) is 0 Å². The van der Waals surface area contributed by atoms with Crippen LogP contribution in [0.25, 0.3) is 0 Å². The van der Waals surface area contributed by atoms with Crippen LogP contribution in [0.2, 0.25) is 0 Å². The van der Waals surface area contributed by atoms with Crippen molar-refractivity contribution in [1.29, 1.82) is 0 Å². The lowest BCUT2D eigenvalue weighted by Gasteiger charge is -2.26. The summed E-state index contributed by atoms with van der Waals surface area (Å²) in [4.78, 5) is 24.9. The zero-order valence-electron chi connectivity index (χ0n) is 19.1. The van der Waals surface area contributed by atoms with E-state index < -0.39 is 47.5 Å². The molecule has 2 aromatic carbocycles. The van der Waals surface area contributed by atoms with Crippen LogP contribution < -0.4 is 5.32 Å². The van der Waals surface area contributed by atoms with E-state index in [0.717, 1.165) is 17.7 Å². The summed E-state index contributed by atoms with van der Waals surface area (Å²) in [6.45, 7) is 5.10. The van der Waals surface area contributed by atoms with E-state index in [1.807, 2.05) is 0 Å². The Hall–Kier alpha value is -3.10. The second-order valence-electron chi connectivity index (χ2n) is 9.39. The number of alkyl halides is 3. The molecule has 0 saturated carbocycles. The summed E-state index contributed by atoms with van der Waals surface area (Å²) < 4.78 is 62.7. The van der Waals surface area contributed by atoms with Crippen molar-refractivity contribution in [2.24, 2.45) is 5.92 Å². The normalized spacial score (nSPS) is 19.4. The van der Waals surface area contributed by atoms with E-state index in [2.05, 4.69) is 5.32 Å². The molecular weight excluding hydrogens is 454 g/mol. The number of carbonyl (C=O) groups is 2. The lowest BCUT2D eigenvalue weighted by molar-refractivity contribution is -0.145. The third-order valence-electron chi connectivity index (χ3n) is 5.40. The van der Waals surface area contributed by atoms with E-state index in [1.54, 1.807) is 32.9 Å². The van der Waals surface area contributed by atoms with Gasteiger partial charge in [-0.1, -0.05) is 24.3 Å². The number of benzene rings is 2. The van der Waals surface area contributed by atoms with E-state index in [-0.39, 0.29) is 18.7 Å². The molecule has 0 bridgehead atoms. The molecule has 1 N–H and O–H groups in total. The zero-order chi connectivity index (χ0) is 25.1. The first-order valence-electron chi connectivity index (χ1n) is 10.9. The Labute approximate surface area is 195 Å². The molecule has 0 radical (unpaired) electrons. The van der Waals surface area contributed by atoms with Gasteiger partial charge in [0.25, 0.3) is 0 Å². The highest BCUT2D eigenvalue weighted by Crippen LogP contribution is 2.31. The molecule has 1 aliphatic rings. The van der Waals surface area contributed by atoms with Gasteiger partial charge in [-0.05, 0) is 69.0 Å². The minimum absolute atomic E-state index is 0.137. The van der Waals surface area contributed by atoms with Crippen LogP contribution in [0.15, 0.2) is 48.5 Å². The van der Waals surface area contributed by atoms with Gasteiger partial charge in [0.1, 0.15) is 17.5 Å². The van der Waals surface area contributed by atoms with Gasteiger partial charge < -0.3 is 14.8 Å². The maximum Gasteiger partial charge on any atom is 0.416 e. The highest BCUT2D eigenvalue weighted by molar-refractivity contribution is 5.75. The minimum atomic E-state index is -4.46. The number of carbonyl (C=O) groups excluding carboxylic acids is 2. The van der Waals surface area contributed by atoms with Crippen LogP contribution in [0.4, 0.5) is 22.4 Å². The fourth-order valence-corrected chi connectivity index (χ4v) is 3.81. The zero-order valence-corrected chi connectivity index (χ0v) is 19.1. The van der Waals surface area contributed by atoms with Crippen molar-refractivity contribution in [3.05, 3.63) is 71.0 Å². The molecular formula is C25H27F4NO4. The number of hydrogen-bond acceptors (Lipinski definition) is 4. The monoisotopic (exact) mass is 481 g/mol. The highest BCUT2D eigenvalue weighted by Gasteiger charge is 2.40. The van der Waals surface area contributed by atoms with E-state index in [1.165, 1.54) is 24.3 Å². The molecule has 0 unspecified atom stereocenters. The lowest BCUT2D eigenvalue weighted by Crippen LogP contribution is -2.46. The van der Waals surface area contributed by atoms with Crippen molar-refractivity contribution in [1.82, 2.24) is 5.32 Å². The van der Waals surface area contributed by atoms with Crippen LogP contribution >= 0.6 is 0 Å². The van der Waals surface area contributed by atoms with Gasteiger partial charge in [-0.15, -0.1) is 0 Å². The lowest BCUT2D eigenvalue weighted by atomic mass is 9.92. The van der Waals surface area contributed by atoms with Gasteiger partial charge in [0, 0.05) is 6.42 Å². The van der Waals surface area contributed by atoms with Gasteiger partial charge in [-0.25, -0.2) is 9.18 Å². The second kappa shape index (κ2) is 10.0. The molecule has 5 nitrogen and oxygen atoms in total. The Morgan fingerprint density at radius 1 is 1.06 bits per heavy atom. The van der Waals surface area contributed by atoms with Gasteiger partial charge in [-0.3, -0.25) is 4.79 Å². The quantitative estimate of drug-likeness (QED) is 0.440. The molecule has 1 saturated heterocycles. The second-order valence-corrected chi connectivity index (χ2v) is 9.39. The Morgan fingerprint density at radius 2 is 1.65 bits per heavy atom. The maximum atomic E-state index is 13.2. The number of hydrogen-bond donors (Lipinski definition) is 1. The summed E-state index contributed by atoms with van der Waals surface area (Å²) in [6.07, 6.45) is -5.11. The minimum Gasteiger partial charge on any atom is -0.460 e. The third-order valence-corrected chi connectivity index (χ3v) is 5.40. The van der Waals surface area contributed by atoms with E-state index in [9.17, 15) is 27.2 Å². The Morgan fingerprint density at radius 3 is 2.21 bits per heavy atom. The fraction of sp³-hybridized carbons (Fsp3) is 0.440. The summed E-state index contributed by atoms with van der Waals surface area (Å²) in [5, 5.41) is 2.71. The molecule has 1 fully saturated rings. The summed E-state index contributed by atoms with van der Waals surface area (Å²) in [6, 6.07) is 9.70. The number of nitrogens with one attached hydrogen (secondary N) is 1. The van der Waals surface area contributed by atoms with Crippen molar-refractivity contribution in [3.63, 3.8) is 0 Å². The van der Waals surface area contributed by atoms with Crippen LogP contribution in [0, 0.1) is 11.7 Å². The molecule has 1 heterocycles. The van der Waals surface area contributed by atoms with Crippen molar-refractivity contribution in [2.75, 3.05) is 0 Å². The number of amides is 1. The standard InChI is InChI=1S/C25H27F4NO4/c1-24(2,3)34-23(32)30-20(13-16-4-8-18(9-5-16)25(27,28)29)21-14-17(22(31)33-21)12-15-6-10-19(26)11-7-15/h4-11,17,20-21H,12-14H2,1-3H3,(H,30,32)/t17-,20+,21+/m0/s1.